The van der Waals surface area contributed by atoms with E-state index in [1.54, 1.807) is 19.1 Å². The third kappa shape index (κ3) is 3.86. The zero-order chi connectivity index (χ0) is 12.0. The fourth-order valence-corrected chi connectivity index (χ4v) is 1.17. The number of nitrogens with one attached hydrogen (secondary N) is 2. The molecule has 0 aliphatic carbocycles. The summed E-state index contributed by atoms with van der Waals surface area (Å²) in [7, 11) is 0. The summed E-state index contributed by atoms with van der Waals surface area (Å²) in [6.45, 7) is 3.89. The standard InChI is InChI=1S/C11H15FN2O2/c1-3-16-11(15)14-13-8(2)9-4-6-10(12)7-5-9/h4-8,13H,3H2,1-2H3,(H,14,15). The first-order valence-electron chi connectivity index (χ1n) is 5.07. The summed E-state index contributed by atoms with van der Waals surface area (Å²) in [4.78, 5) is 11.0. The van der Waals surface area contributed by atoms with E-state index in [2.05, 4.69) is 15.6 Å². The lowest BCUT2D eigenvalue weighted by atomic mass is 10.1. The number of hydrogen-bond donors (Lipinski definition) is 2. The second-order valence-electron chi connectivity index (χ2n) is 3.26. The Morgan fingerprint density at radius 3 is 2.62 bits per heavy atom. The molecule has 0 aromatic heterocycles. The van der Waals surface area contributed by atoms with Gasteiger partial charge in [-0.15, -0.1) is 0 Å². The van der Waals surface area contributed by atoms with Gasteiger partial charge in [0.1, 0.15) is 5.82 Å². The van der Waals surface area contributed by atoms with E-state index in [-0.39, 0.29) is 11.9 Å². The van der Waals surface area contributed by atoms with Gasteiger partial charge in [-0.25, -0.2) is 14.6 Å². The monoisotopic (exact) mass is 226 g/mol. The molecule has 0 spiro atoms. The van der Waals surface area contributed by atoms with Crippen LogP contribution in [0.15, 0.2) is 24.3 Å². The summed E-state index contributed by atoms with van der Waals surface area (Å²) < 4.78 is 17.3. The van der Waals surface area contributed by atoms with Gasteiger partial charge in [0.15, 0.2) is 0 Å². The predicted molar refractivity (Wildman–Crippen MR) is 58.1 cm³/mol. The Morgan fingerprint density at radius 1 is 1.44 bits per heavy atom. The fourth-order valence-electron chi connectivity index (χ4n) is 1.17. The largest absolute Gasteiger partial charge is 0.449 e. The van der Waals surface area contributed by atoms with Gasteiger partial charge in [-0.1, -0.05) is 12.1 Å². The molecule has 1 aromatic rings. The first-order chi connectivity index (χ1) is 7.63. The number of amides is 1. The molecule has 0 saturated heterocycles. The van der Waals surface area contributed by atoms with Crippen LogP contribution in [0.1, 0.15) is 25.5 Å². The van der Waals surface area contributed by atoms with Gasteiger partial charge in [0, 0.05) is 6.04 Å². The van der Waals surface area contributed by atoms with Crippen molar-refractivity contribution in [3.63, 3.8) is 0 Å². The number of ether oxygens (including phenoxy) is 1. The highest BCUT2D eigenvalue weighted by atomic mass is 19.1. The quantitative estimate of drug-likeness (QED) is 0.773. The summed E-state index contributed by atoms with van der Waals surface area (Å²) in [5.41, 5.74) is 6.02. The maximum Gasteiger partial charge on any atom is 0.421 e. The summed E-state index contributed by atoms with van der Waals surface area (Å²) in [6.07, 6.45) is -0.531. The highest BCUT2D eigenvalue weighted by Crippen LogP contribution is 2.11. The highest BCUT2D eigenvalue weighted by molar-refractivity contribution is 5.66. The Labute approximate surface area is 93.8 Å². The number of rotatable bonds is 4. The zero-order valence-corrected chi connectivity index (χ0v) is 9.29. The Bertz CT molecular complexity index is 340. The van der Waals surface area contributed by atoms with Gasteiger partial charge in [-0.3, -0.25) is 5.43 Å². The topological polar surface area (TPSA) is 50.4 Å². The van der Waals surface area contributed by atoms with Crippen LogP contribution in [-0.4, -0.2) is 12.7 Å². The molecule has 0 heterocycles. The third-order valence-electron chi connectivity index (χ3n) is 2.04. The molecule has 0 radical (unpaired) electrons. The number of benzene rings is 1. The van der Waals surface area contributed by atoms with Crippen molar-refractivity contribution >= 4 is 6.09 Å². The van der Waals surface area contributed by atoms with E-state index in [0.717, 1.165) is 5.56 Å². The minimum absolute atomic E-state index is 0.120. The smallest absolute Gasteiger partial charge is 0.421 e. The van der Waals surface area contributed by atoms with Crippen LogP contribution in [0.25, 0.3) is 0 Å². The van der Waals surface area contributed by atoms with Gasteiger partial charge in [-0.2, -0.15) is 0 Å². The second kappa shape index (κ2) is 6.07. The molecular formula is C11H15FN2O2. The van der Waals surface area contributed by atoms with Crippen molar-refractivity contribution in [2.75, 3.05) is 6.61 Å². The normalized spacial score (nSPS) is 11.9. The molecule has 0 fully saturated rings. The van der Waals surface area contributed by atoms with Gasteiger partial charge < -0.3 is 4.74 Å². The molecule has 4 nitrogen and oxygen atoms in total. The number of hydrogen-bond acceptors (Lipinski definition) is 3. The molecular weight excluding hydrogens is 211 g/mol. The van der Waals surface area contributed by atoms with Gasteiger partial charge >= 0.3 is 6.09 Å². The summed E-state index contributed by atoms with van der Waals surface area (Å²) in [6, 6.07) is 5.93. The van der Waals surface area contributed by atoms with Gasteiger partial charge in [0.05, 0.1) is 6.61 Å². The van der Waals surface area contributed by atoms with Crippen molar-refractivity contribution in [2.45, 2.75) is 19.9 Å². The predicted octanol–water partition coefficient (Wildman–Crippen LogP) is 2.14. The zero-order valence-electron chi connectivity index (χ0n) is 9.29. The van der Waals surface area contributed by atoms with E-state index in [9.17, 15) is 9.18 Å². The number of carbonyl (C=O) groups excluding carboxylic acids is 1. The van der Waals surface area contributed by atoms with Crippen LogP contribution >= 0.6 is 0 Å². The van der Waals surface area contributed by atoms with E-state index >= 15 is 0 Å². The van der Waals surface area contributed by atoms with Crippen LogP contribution in [0.4, 0.5) is 9.18 Å². The summed E-state index contributed by atoms with van der Waals surface area (Å²) >= 11 is 0. The molecule has 0 saturated carbocycles. The van der Waals surface area contributed by atoms with Crippen LogP contribution in [0.5, 0.6) is 0 Å². The lowest BCUT2D eigenvalue weighted by Crippen LogP contribution is -2.39. The van der Waals surface area contributed by atoms with E-state index < -0.39 is 6.09 Å². The molecule has 1 aromatic carbocycles. The van der Waals surface area contributed by atoms with Gasteiger partial charge in [0.2, 0.25) is 0 Å². The maximum absolute atomic E-state index is 12.7. The van der Waals surface area contributed by atoms with Crippen molar-refractivity contribution < 1.29 is 13.9 Å². The van der Waals surface area contributed by atoms with Crippen molar-refractivity contribution in [1.29, 1.82) is 0 Å². The van der Waals surface area contributed by atoms with Crippen LogP contribution in [-0.2, 0) is 4.74 Å². The lowest BCUT2D eigenvalue weighted by molar-refractivity contribution is 0.145. The lowest BCUT2D eigenvalue weighted by Gasteiger charge is -2.14. The molecule has 2 N–H and O–H groups in total. The third-order valence-corrected chi connectivity index (χ3v) is 2.04. The fraction of sp³-hybridized carbons (Fsp3) is 0.364. The molecule has 1 unspecified atom stereocenters. The minimum Gasteiger partial charge on any atom is -0.449 e. The Balaban J connectivity index is 2.43. The molecule has 0 bridgehead atoms. The Hall–Kier alpha value is -1.62. The number of hydrazine groups is 1. The second-order valence-corrected chi connectivity index (χ2v) is 3.26. The van der Waals surface area contributed by atoms with Crippen LogP contribution in [0.3, 0.4) is 0 Å². The molecule has 1 atom stereocenters. The Morgan fingerprint density at radius 2 is 2.06 bits per heavy atom. The van der Waals surface area contributed by atoms with Crippen LogP contribution in [0, 0.1) is 5.82 Å². The summed E-state index contributed by atoms with van der Waals surface area (Å²) in [5, 5.41) is 0. The molecule has 1 amide bonds. The van der Waals surface area contributed by atoms with Crippen molar-refractivity contribution in [3.05, 3.63) is 35.6 Å². The van der Waals surface area contributed by atoms with E-state index in [4.69, 9.17) is 0 Å². The first kappa shape index (κ1) is 12.4. The Kier molecular flexibility index (Phi) is 4.72. The molecule has 1 rings (SSSR count). The average molecular weight is 226 g/mol. The van der Waals surface area contributed by atoms with Crippen molar-refractivity contribution in [1.82, 2.24) is 10.9 Å². The average Bonchev–Trinajstić information content (AvgIpc) is 2.27. The maximum atomic E-state index is 12.7. The molecule has 16 heavy (non-hydrogen) atoms. The van der Waals surface area contributed by atoms with Gasteiger partial charge in [0.25, 0.3) is 0 Å². The van der Waals surface area contributed by atoms with E-state index in [1.807, 2.05) is 6.92 Å². The van der Waals surface area contributed by atoms with Gasteiger partial charge in [-0.05, 0) is 31.5 Å². The minimum atomic E-state index is -0.531. The van der Waals surface area contributed by atoms with Crippen LogP contribution in [0.2, 0.25) is 0 Å². The molecule has 0 aliphatic rings. The van der Waals surface area contributed by atoms with Crippen molar-refractivity contribution in [2.24, 2.45) is 0 Å². The molecule has 0 aliphatic heterocycles. The first-order valence-corrected chi connectivity index (χ1v) is 5.07. The molecule has 5 heteroatoms. The number of halogens is 1. The van der Waals surface area contributed by atoms with E-state index in [1.165, 1.54) is 12.1 Å². The molecule has 88 valence electrons. The van der Waals surface area contributed by atoms with E-state index in [0.29, 0.717) is 6.61 Å². The van der Waals surface area contributed by atoms with Crippen molar-refractivity contribution in [3.8, 4) is 0 Å². The summed E-state index contributed by atoms with van der Waals surface area (Å²) in [5.74, 6) is -0.283. The SMILES string of the molecule is CCOC(=O)NNC(C)c1ccc(F)cc1. The van der Waals surface area contributed by atoms with Crippen LogP contribution < -0.4 is 10.9 Å². The highest BCUT2D eigenvalue weighted by Gasteiger charge is 2.06. The number of carbonyl (C=O) groups is 1.